The molecule has 36 heavy (non-hydrogen) atoms. The number of fused-ring (bicyclic) bond motifs is 3. The lowest BCUT2D eigenvalue weighted by molar-refractivity contribution is 0.0747. The van der Waals surface area contributed by atoms with E-state index >= 15 is 0 Å². The minimum absolute atomic E-state index is 0.0413. The lowest BCUT2D eigenvalue weighted by Crippen LogP contribution is -2.49. The summed E-state index contributed by atoms with van der Waals surface area (Å²) in [4.78, 5) is 43.1. The minimum atomic E-state index is -0.0622. The number of hydrogen-bond acceptors (Lipinski definition) is 4. The molecule has 7 nitrogen and oxygen atoms in total. The van der Waals surface area contributed by atoms with Gasteiger partial charge >= 0.3 is 0 Å². The fraction of sp³-hybridized carbons (Fsp3) is 0.345. The molecule has 0 unspecified atom stereocenters. The first-order chi connectivity index (χ1) is 17.3. The van der Waals surface area contributed by atoms with Crippen molar-refractivity contribution < 1.29 is 9.59 Å². The molecule has 7 heteroatoms. The number of amides is 1. The summed E-state index contributed by atoms with van der Waals surface area (Å²) in [6.45, 7) is 8.84. The van der Waals surface area contributed by atoms with E-state index in [0.29, 0.717) is 49.4 Å². The highest BCUT2D eigenvalue weighted by Crippen LogP contribution is 2.30. The Morgan fingerprint density at radius 3 is 2.25 bits per heavy atom. The first-order valence-corrected chi connectivity index (χ1v) is 12.5. The number of hydrogen-bond donors (Lipinski definition) is 0. The van der Waals surface area contributed by atoms with E-state index in [1.165, 1.54) is 0 Å². The van der Waals surface area contributed by atoms with Gasteiger partial charge in [-0.05, 0) is 43.2 Å². The van der Waals surface area contributed by atoms with Gasteiger partial charge in [0.2, 0.25) is 0 Å². The molecule has 0 N–H and O–H groups in total. The zero-order chi connectivity index (χ0) is 25.6. The van der Waals surface area contributed by atoms with Crippen molar-refractivity contribution in [2.24, 2.45) is 13.0 Å². The number of carbonyl (C=O) groups is 2. The molecule has 3 heterocycles. The van der Waals surface area contributed by atoms with Gasteiger partial charge in [0.05, 0.1) is 5.56 Å². The Hall–Kier alpha value is -3.87. The van der Waals surface area contributed by atoms with Crippen LogP contribution < -0.4 is 10.5 Å². The fourth-order valence-electron chi connectivity index (χ4n) is 5.27. The van der Waals surface area contributed by atoms with Crippen LogP contribution in [0.5, 0.6) is 0 Å². The van der Waals surface area contributed by atoms with Gasteiger partial charge in [-0.2, -0.15) is 0 Å². The minimum Gasteiger partial charge on any atom is -0.368 e. The van der Waals surface area contributed by atoms with Gasteiger partial charge in [-0.25, -0.2) is 0 Å². The van der Waals surface area contributed by atoms with E-state index in [-0.39, 0.29) is 23.2 Å². The number of ketones is 1. The predicted molar refractivity (Wildman–Crippen MR) is 144 cm³/mol. The summed E-state index contributed by atoms with van der Waals surface area (Å²) >= 11 is 0. The average Bonchev–Trinajstić information content (AvgIpc) is 3.18. The van der Waals surface area contributed by atoms with Crippen LogP contribution in [0.2, 0.25) is 0 Å². The van der Waals surface area contributed by atoms with Gasteiger partial charge in [-0.3, -0.25) is 14.4 Å². The Labute approximate surface area is 210 Å². The molecule has 2 aromatic heterocycles. The quantitative estimate of drug-likeness (QED) is 0.396. The van der Waals surface area contributed by atoms with E-state index < -0.39 is 0 Å². The number of para-hydroxylation sites is 1. The maximum absolute atomic E-state index is 13.9. The molecule has 1 aliphatic rings. The summed E-state index contributed by atoms with van der Waals surface area (Å²) in [5.41, 5.74) is 3.79. The number of Topliss-reactive ketones (excluding diaryl/α,β-unsaturated/α-hetero) is 1. The monoisotopic (exact) mass is 484 g/mol. The Kier molecular flexibility index (Phi) is 6.16. The van der Waals surface area contributed by atoms with Crippen LogP contribution in [0.4, 0.5) is 5.69 Å². The van der Waals surface area contributed by atoms with Crippen LogP contribution in [0.1, 0.15) is 41.5 Å². The Bertz CT molecular complexity index is 1520. The molecular weight excluding hydrogens is 452 g/mol. The molecule has 186 valence electrons. The van der Waals surface area contributed by atoms with E-state index in [2.05, 4.69) is 18.7 Å². The second-order valence-corrected chi connectivity index (χ2v) is 10.1. The number of pyridine rings is 1. The van der Waals surface area contributed by atoms with E-state index in [4.69, 9.17) is 0 Å². The van der Waals surface area contributed by atoms with E-state index in [1.54, 1.807) is 17.7 Å². The van der Waals surface area contributed by atoms with Gasteiger partial charge in [0.1, 0.15) is 5.52 Å². The number of aryl methyl sites for hydroxylation is 1. The highest BCUT2D eigenvalue weighted by molar-refractivity contribution is 6.17. The largest absolute Gasteiger partial charge is 0.368 e. The maximum Gasteiger partial charge on any atom is 0.275 e. The lowest BCUT2D eigenvalue weighted by atomic mass is 10.1. The number of piperazine rings is 1. The molecule has 5 rings (SSSR count). The molecule has 2 aromatic carbocycles. The smallest absolute Gasteiger partial charge is 0.275 e. The normalized spacial score (nSPS) is 14.2. The third kappa shape index (κ3) is 4.08. The van der Waals surface area contributed by atoms with Gasteiger partial charge in [0, 0.05) is 73.5 Å². The van der Waals surface area contributed by atoms with Crippen LogP contribution in [0.15, 0.2) is 59.5 Å². The third-order valence-corrected chi connectivity index (χ3v) is 7.12. The summed E-state index contributed by atoms with van der Waals surface area (Å²) in [5, 5.41) is 1.67. The number of rotatable bonds is 5. The third-order valence-electron chi connectivity index (χ3n) is 7.12. The van der Waals surface area contributed by atoms with Gasteiger partial charge in [-0.15, -0.1) is 0 Å². The Morgan fingerprint density at radius 2 is 1.61 bits per heavy atom. The molecule has 1 aliphatic heterocycles. The second-order valence-electron chi connectivity index (χ2n) is 10.1. The maximum atomic E-state index is 13.9. The standard InChI is InChI=1S/C29H32N4O3/c1-19(2)17-33-18-24(26-23-7-5-6-8-25(23)30(4)27(26)29(33)36)28(35)32-15-13-31(14-16-32)22-11-9-21(10-12-22)20(3)34/h5-12,18-19H,13-17H2,1-4H3. The molecule has 0 atom stereocenters. The molecule has 0 radical (unpaired) electrons. The summed E-state index contributed by atoms with van der Waals surface area (Å²) in [5.74, 6) is 0.284. The van der Waals surface area contributed by atoms with Gasteiger partial charge in [0.25, 0.3) is 11.5 Å². The SMILES string of the molecule is CC(=O)c1ccc(N2CCN(C(=O)c3cn(CC(C)C)c(=O)c4c3c3ccccc3n4C)CC2)cc1. The Morgan fingerprint density at radius 1 is 0.944 bits per heavy atom. The van der Waals surface area contributed by atoms with Crippen LogP contribution >= 0.6 is 0 Å². The number of aromatic nitrogens is 2. The van der Waals surface area contributed by atoms with Crippen molar-refractivity contribution in [3.8, 4) is 0 Å². The van der Waals surface area contributed by atoms with Crippen molar-refractivity contribution >= 4 is 39.2 Å². The first-order valence-electron chi connectivity index (χ1n) is 12.5. The molecule has 4 aromatic rings. The number of anilines is 1. The van der Waals surface area contributed by atoms with Crippen molar-refractivity contribution in [3.63, 3.8) is 0 Å². The van der Waals surface area contributed by atoms with E-state index in [1.807, 2.05) is 65.0 Å². The van der Waals surface area contributed by atoms with Crippen molar-refractivity contribution in [3.05, 3.63) is 76.2 Å². The summed E-state index contributed by atoms with van der Waals surface area (Å²) in [7, 11) is 1.90. The van der Waals surface area contributed by atoms with Gasteiger partial charge in [-0.1, -0.05) is 32.0 Å². The fourth-order valence-corrected chi connectivity index (χ4v) is 5.27. The summed E-state index contributed by atoms with van der Waals surface area (Å²) < 4.78 is 3.62. The number of benzene rings is 2. The van der Waals surface area contributed by atoms with Gasteiger partial charge < -0.3 is 18.9 Å². The number of nitrogens with zero attached hydrogens (tertiary/aromatic N) is 4. The molecule has 1 fully saturated rings. The van der Waals surface area contributed by atoms with Crippen LogP contribution in [-0.2, 0) is 13.6 Å². The van der Waals surface area contributed by atoms with E-state index in [9.17, 15) is 14.4 Å². The van der Waals surface area contributed by atoms with Crippen molar-refractivity contribution in [1.29, 1.82) is 0 Å². The molecule has 1 saturated heterocycles. The summed E-state index contributed by atoms with van der Waals surface area (Å²) in [6, 6.07) is 15.5. The van der Waals surface area contributed by atoms with Crippen molar-refractivity contribution in [1.82, 2.24) is 14.0 Å². The van der Waals surface area contributed by atoms with Crippen LogP contribution in [-0.4, -0.2) is 51.9 Å². The van der Waals surface area contributed by atoms with Crippen molar-refractivity contribution in [2.45, 2.75) is 27.3 Å². The molecule has 1 amide bonds. The lowest BCUT2D eigenvalue weighted by Gasteiger charge is -2.36. The van der Waals surface area contributed by atoms with Crippen LogP contribution in [0, 0.1) is 5.92 Å². The van der Waals surface area contributed by atoms with E-state index in [0.717, 1.165) is 22.0 Å². The zero-order valence-electron chi connectivity index (χ0n) is 21.3. The van der Waals surface area contributed by atoms with Crippen LogP contribution in [0.3, 0.4) is 0 Å². The van der Waals surface area contributed by atoms with Crippen LogP contribution in [0.25, 0.3) is 21.8 Å². The van der Waals surface area contributed by atoms with Crippen molar-refractivity contribution in [2.75, 3.05) is 31.1 Å². The molecule has 0 spiro atoms. The second kappa shape index (κ2) is 9.30. The molecule has 0 bridgehead atoms. The zero-order valence-corrected chi connectivity index (χ0v) is 21.3. The topological polar surface area (TPSA) is 67.6 Å². The predicted octanol–water partition coefficient (Wildman–Crippen LogP) is 4.31. The Balaban J connectivity index is 1.49. The number of carbonyl (C=O) groups excluding carboxylic acids is 2. The molecule has 0 aliphatic carbocycles. The molecular formula is C29H32N4O3. The van der Waals surface area contributed by atoms with Gasteiger partial charge in [0.15, 0.2) is 5.78 Å². The highest BCUT2D eigenvalue weighted by atomic mass is 16.2. The average molecular weight is 485 g/mol. The highest BCUT2D eigenvalue weighted by Gasteiger charge is 2.27. The molecule has 0 saturated carbocycles. The summed E-state index contributed by atoms with van der Waals surface area (Å²) in [6.07, 6.45) is 1.77. The first kappa shape index (κ1) is 23.9.